The molecule has 0 saturated carbocycles. The van der Waals surface area contributed by atoms with Gasteiger partial charge >= 0.3 is 24.0 Å². The van der Waals surface area contributed by atoms with Crippen LogP contribution in [-0.4, -0.2) is 24.0 Å². The molecule has 0 bridgehead atoms. The molecule has 19 heavy (non-hydrogen) atoms. The molecule has 0 aliphatic heterocycles. The molecule has 0 N–H and O–H groups in total. The number of ether oxygens (including phenoxy) is 1. The third-order valence-corrected chi connectivity index (χ3v) is 2.00. The van der Waals surface area contributed by atoms with Crippen molar-refractivity contribution in [3.63, 3.8) is 0 Å². The number of carbonyl (C=O) groups is 1. The Morgan fingerprint density at radius 2 is 1.63 bits per heavy atom. The summed E-state index contributed by atoms with van der Waals surface area (Å²) in [5, 5.41) is 0. The topological polar surface area (TPSA) is 26.3 Å². The van der Waals surface area contributed by atoms with Gasteiger partial charge in [-0.15, -0.1) is 0 Å². The molecule has 0 aliphatic carbocycles. The maximum absolute atomic E-state index is 12.7. The van der Waals surface area contributed by atoms with E-state index in [1.165, 1.54) is 0 Å². The van der Waals surface area contributed by atoms with Crippen LogP contribution in [-0.2, 0) is 9.53 Å². The van der Waals surface area contributed by atoms with E-state index in [1.54, 1.807) is 6.92 Å². The second-order valence-electron chi connectivity index (χ2n) is 3.57. The van der Waals surface area contributed by atoms with Crippen molar-refractivity contribution in [1.29, 1.82) is 0 Å². The minimum Gasteiger partial charge on any atom is -0.430 e. The van der Waals surface area contributed by atoms with Gasteiger partial charge in [-0.25, -0.2) is 4.79 Å². The number of allylic oxidation sites excluding steroid dienone is 1. The van der Waals surface area contributed by atoms with Gasteiger partial charge in [-0.05, 0) is 18.9 Å². The highest BCUT2D eigenvalue weighted by atomic mass is 19.4. The summed E-state index contributed by atoms with van der Waals surface area (Å²) in [4.78, 5) is 10.6. The number of carbonyl (C=O) groups excluding carboxylic acids is 1. The molecule has 0 unspecified atom stereocenters. The van der Waals surface area contributed by atoms with Crippen LogP contribution >= 0.6 is 0 Å². The molecule has 0 aliphatic rings. The van der Waals surface area contributed by atoms with Gasteiger partial charge < -0.3 is 4.74 Å². The maximum atomic E-state index is 12.7. The summed E-state index contributed by atoms with van der Waals surface area (Å²) in [6.07, 6.45) is -3.45. The fraction of sp³-hybridized carbons (Fsp3) is 0.700. The van der Waals surface area contributed by atoms with Gasteiger partial charge in [0.05, 0.1) is 6.26 Å². The molecular formula is C10H11F7O2. The van der Waals surface area contributed by atoms with Crippen molar-refractivity contribution in [3.05, 3.63) is 12.3 Å². The number of hydrogen-bond acceptors (Lipinski definition) is 2. The summed E-state index contributed by atoms with van der Waals surface area (Å²) in [5.41, 5.74) is 0. The number of hydrogen-bond donors (Lipinski definition) is 0. The second kappa shape index (κ2) is 6.25. The van der Waals surface area contributed by atoms with E-state index in [9.17, 15) is 35.5 Å². The molecule has 0 rings (SSSR count). The molecule has 0 aromatic rings. The van der Waals surface area contributed by atoms with Gasteiger partial charge in [0.15, 0.2) is 0 Å². The zero-order chi connectivity index (χ0) is 15.3. The minimum atomic E-state index is -6.55. The van der Waals surface area contributed by atoms with Crippen LogP contribution in [0.25, 0.3) is 0 Å². The highest BCUT2D eigenvalue weighted by molar-refractivity contribution is 5.79. The molecule has 0 atom stereocenters. The van der Waals surface area contributed by atoms with Crippen LogP contribution in [0.5, 0.6) is 0 Å². The van der Waals surface area contributed by atoms with E-state index in [2.05, 4.69) is 4.74 Å². The van der Waals surface area contributed by atoms with E-state index in [0.717, 1.165) is 12.5 Å². The Kier molecular flexibility index (Phi) is 5.83. The molecule has 2 nitrogen and oxygen atoms in total. The molecule has 0 aromatic heterocycles. The van der Waals surface area contributed by atoms with Crippen LogP contribution in [0.15, 0.2) is 12.3 Å². The number of halogens is 7. The van der Waals surface area contributed by atoms with E-state index in [0.29, 0.717) is 19.1 Å². The van der Waals surface area contributed by atoms with Crippen LogP contribution in [0.1, 0.15) is 26.2 Å². The average Bonchev–Trinajstić information content (AvgIpc) is 2.26. The smallest absolute Gasteiger partial charge is 0.430 e. The van der Waals surface area contributed by atoms with Crippen molar-refractivity contribution >= 4 is 5.97 Å². The Labute approximate surface area is 104 Å². The quantitative estimate of drug-likeness (QED) is 0.320. The monoisotopic (exact) mass is 296 g/mol. The largest absolute Gasteiger partial charge is 0.460 e. The molecule has 0 radical (unpaired) electrons. The Morgan fingerprint density at radius 1 is 1.11 bits per heavy atom. The fourth-order valence-corrected chi connectivity index (χ4v) is 0.880. The number of rotatable bonds is 6. The predicted octanol–water partition coefficient (Wildman–Crippen LogP) is 4.07. The van der Waals surface area contributed by atoms with E-state index in [4.69, 9.17) is 0 Å². The first kappa shape index (κ1) is 17.7. The minimum absolute atomic E-state index is 0.311. The Balaban J connectivity index is 4.74. The standard InChI is InChI=1S/C10H11F7O2/c1-2-3-4-5-6-19-7(18)8(11,12)9(13,14)10(15,16)17/h5-6H,2-4H2,1H3. The van der Waals surface area contributed by atoms with Gasteiger partial charge in [-0.1, -0.05) is 13.3 Å². The third-order valence-electron chi connectivity index (χ3n) is 2.00. The number of esters is 1. The molecule has 0 aromatic carbocycles. The molecule has 0 amide bonds. The van der Waals surface area contributed by atoms with Crippen molar-refractivity contribution in [2.75, 3.05) is 0 Å². The van der Waals surface area contributed by atoms with E-state index < -0.39 is 24.0 Å². The zero-order valence-electron chi connectivity index (χ0n) is 9.74. The summed E-state index contributed by atoms with van der Waals surface area (Å²) >= 11 is 0. The van der Waals surface area contributed by atoms with E-state index >= 15 is 0 Å². The fourth-order valence-electron chi connectivity index (χ4n) is 0.880. The van der Waals surface area contributed by atoms with Crippen LogP contribution in [0.2, 0.25) is 0 Å². The van der Waals surface area contributed by atoms with Gasteiger partial charge in [0.25, 0.3) is 0 Å². The maximum Gasteiger partial charge on any atom is 0.460 e. The molecular weight excluding hydrogens is 285 g/mol. The summed E-state index contributed by atoms with van der Waals surface area (Å²) in [6.45, 7) is 1.80. The number of unbranched alkanes of at least 4 members (excludes halogenated alkanes) is 2. The third kappa shape index (κ3) is 4.10. The Hall–Kier alpha value is -1.28. The lowest BCUT2D eigenvalue weighted by atomic mass is 10.1. The van der Waals surface area contributed by atoms with Crippen LogP contribution < -0.4 is 0 Å². The van der Waals surface area contributed by atoms with Crippen molar-refractivity contribution in [1.82, 2.24) is 0 Å². The summed E-state index contributed by atoms with van der Waals surface area (Å²) < 4.78 is 88.9. The van der Waals surface area contributed by atoms with Crippen LogP contribution in [0, 0.1) is 0 Å². The SMILES string of the molecule is CCCCC=COC(=O)C(F)(F)C(F)(F)C(F)(F)F. The Bertz CT molecular complexity index is 333. The van der Waals surface area contributed by atoms with Crippen molar-refractivity contribution in [3.8, 4) is 0 Å². The Morgan fingerprint density at radius 3 is 2.05 bits per heavy atom. The van der Waals surface area contributed by atoms with Crippen molar-refractivity contribution in [2.45, 2.75) is 44.2 Å². The number of alkyl halides is 7. The summed E-state index contributed by atoms with van der Waals surface area (Å²) in [5.74, 6) is -15.4. The highest BCUT2D eigenvalue weighted by Crippen LogP contribution is 2.46. The van der Waals surface area contributed by atoms with Gasteiger partial charge in [0.2, 0.25) is 0 Å². The van der Waals surface area contributed by atoms with Crippen LogP contribution in [0.3, 0.4) is 0 Å². The van der Waals surface area contributed by atoms with Crippen molar-refractivity contribution < 1.29 is 40.3 Å². The first-order valence-corrected chi connectivity index (χ1v) is 5.17. The summed E-state index contributed by atoms with van der Waals surface area (Å²) in [7, 11) is 0. The first-order chi connectivity index (χ1) is 8.48. The molecule has 0 fully saturated rings. The first-order valence-electron chi connectivity index (χ1n) is 5.17. The molecule has 112 valence electrons. The highest BCUT2D eigenvalue weighted by Gasteiger charge is 2.77. The normalized spacial score (nSPS) is 13.9. The lowest BCUT2D eigenvalue weighted by molar-refractivity contribution is -0.347. The molecule has 0 spiro atoms. The van der Waals surface area contributed by atoms with E-state index in [-0.39, 0.29) is 0 Å². The van der Waals surface area contributed by atoms with Gasteiger partial charge in [0.1, 0.15) is 0 Å². The average molecular weight is 296 g/mol. The van der Waals surface area contributed by atoms with Gasteiger partial charge in [-0.2, -0.15) is 30.7 Å². The van der Waals surface area contributed by atoms with Crippen molar-refractivity contribution in [2.24, 2.45) is 0 Å². The second-order valence-corrected chi connectivity index (χ2v) is 3.57. The zero-order valence-corrected chi connectivity index (χ0v) is 9.74. The lowest BCUT2D eigenvalue weighted by Crippen LogP contribution is -2.56. The van der Waals surface area contributed by atoms with Gasteiger partial charge in [0, 0.05) is 0 Å². The molecule has 0 saturated heterocycles. The predicted molar refractivity (Wildman–Crippen MR) is 50.7 cm³/mol. The molecule has 9 heteroatoms. The van der Waals surface area contributed by atoms with E-state index in [1.807, 2.05) is 0 Å². The van der Waals surface area contributed by atoms with Gasteiger partial charge in [-0.3, -0.25) is 0 Å². The molecule has 0 heterocycles. The van der Waals surface area contributed by atoms with Crippen LogP contribution in [0.4, 0.5) is 30.7 Å². The lowest BCUT2D eigenvalue weighted by Gasteiger charge is -2.25. The summed E-state index contributed by atoms with van der Waals surface area (Å²) in [6, 6.07) is 0.